The average molecular weight is 265 g/mol. The van der Waals surface area contributed by atoms with Crippen LogP contribution in [0.3, 0.4) is 0 Å². The van der Waals surface area contributed by atoms with Gasteiger partial charge in [-0.3, -0.25) is 4.79 Å². The van der Waals surface area contributed by atoms with Gasteiger partial charge in [0.1, 0.15) is 5.78 Å². The lowest BCUT2D eigenvalue weighted by Crippen LogP contribution is -2.22. The van der Waals surface area contributed by atoms with Crippen LogP contribution in [-0.4, -0.2) is 23.8 Å². The molecule has 0 unspecified atom stereocenters. The Morgan fingerprint density at radius 3 is 2.47 bits per heavy atom. The van der Waals surface area contributed by atoms with Crippen molar-refractivity contribution in [1.82, 2.24) is 4.90 Å². The third-order valence-corrected chi connectivity index (χ3v) is 3.65. The molecular weight excluding hydrogens is 234 g/mol. The Morgan fingerprint density at radius 2 is 1.95 bits per heavy atom. The van der Waals surface area contributed by atoms with Crippen molar-refractivity contribution in [1.29, 1.82) is 0 Å². The fraction of sp³-hybridized carbons (Fsp3) is 0.706. The maximum Gasteiger partial charge on any atom is 0.135 e. The highest BCUT2D eigenvalue weighted by Gasteiger charge is 2.11. The number of allylic oxidation sites excluding steroid dienone is 1. The summed E-state index contributed by atoms with van der Waals surface area (Å²) in [6, 6.07) is 0. The molecule has 0 radical (unpaired) electrons. The van der Waals surface area contributed by atoms with Crippen molar-refractivity contribution in [2.45, 2.75) is 59.3 Å². The highest BCUT2D eigenvalue weighted by molar-refractivity contribution is 5.80. The van der Waals surface area contributed by atoms with E-state index < -0.39 is 0 Å². The number of carbonyl (C=O) groups is 1. The van der Waals surface area contributed by atoms with Crippen LogP contribution in [0.15, 0.2) is 24.9 Å². The summed E-state index contributed by atoms with van der Waals surface area (Å²) < 4.78 is 0. The quantitative estimate of drug-likeness (QED) is 0.380. The zero-order chi connectivity index (χ0) is 14.7. The lowest BCUT2D eigenvalue weighted by molar-refractivity contribution is -0.122. The van der Waals surface area contributed by atoms with Gasteiger partial charge in [0.25, 0.3) is 0 Å². The highest BCUT2D eigenvalue weighted by atomic mass is 16.1. The zero-order valence-electron chi connectivity index (χ0n) is 13.1. The van der Waals surface area contributed by atoms with Gasteiger partial charge in [-0.2, -0.15) is 0 Å². The SMILES string of the molecule is C=CC(=C)N(CC)CCCCCC(=O)[C@H](C)CCC. The maximum atomic E-state index is 11.8. The summed E-state index contributed by atoms with van der Waals surface area (Å²) in [4.78, 5) is 14.0. The van der Waals surface area contributed by atoms with Crippen LogP contribution in [-0.2, 0) is 4.79 Å². The molecule has 0 aliphatic heterocycles. The zero-order valence-corrected chi connectivity index (χ0v) is 13.1. The molecule has 0 amide bonds. The summed E-state index contributed by atoms with van der Waals surface area (Å²) in [5.41, 5.74) is 0.996. The van der Waals surface area contributed by atoms with Gasteiger partial charge >= 0.3 is 0 Å². The van der Waals surface area contributed by atoms with Crippen molar-refractivity contribution in [2.24, 2.45) is 5.92 Å². The van der Waals surface area contributed by atoms with E-state index in [1.807, 2.05) is 0 Å². The molecule has 19 heavy (non-hydrogen) atoms. The molecule has 2 nitrogen and oxygen atoms in total. The Balaban J connectivity index is 3.72. The van der Waals surface area contributed by atoms with E-state index in [0.717, 1.165) is 57.3 Å². The first-order valence-corrected chi connectivity index (χ1v) is 7.65. The van der Waals surface area contributed by atoms with E-state index in [1.165, 1.54) is 0 Å². The first kappa shape index (κ1) is 17.9. The first-order valence-electron chi connectivity index (χ1n) is 7.65. The van der Waals surface area contributed by atoms with Crippen molar-refractivity contribution in [3.63, 3.8) is 0 Å². The van der Waals surface area contributed by atoms with Gasteiger partial charge in [-0.25, -0.2) is 0 Å². The fourth-order valence-electron chi connectivity index (χ4n) is 2.25. The molecule has 0 bridgehead atoms. The van der Waals surface area contributed by atoms with Gasteiger partial charge in [0.2, 0.25) is 0 Å². The smallest absolute Gasteiger partial charge is 0.135 e. The number of ketones is 1. The van der Waals surface area contributed by atoms with Crippen LogP contribution in [0, 0.1) is 5.92 Å². The Bertz CT molecular complexity index is 283. The first-order chi connectivity index (χ1) is 9.06. The summed E-state index contributed by atoms with van der Waals surface area (Å²) in [5.74, 6) is 0.683. The van der Waals surface area contributed by atoms with Crippen molar-refractivity contribution >= 4 is 5.78 Å². The topological polar surface area (TPSA) is 20.3 Å². The van der Waals surface area contributed by atoms with Crippen LogP contribution >= 0.6 is 0 Å². The predicted octanol–water partition coefficient (Wildman–Crippen LogP) is 4.57. The van der Waals surface area contributed by atoms with E-state index in [1.54, 1.807) is 6.08 Å². The summed E-state index contributed by atoms with van der Waals surface area (Å²) in [7, 11) is 0. The molecule has 0 N–H and O–H groups in total. The molecule has 0 spiro atoms. The summed E-state index contributed by atoms with van der Waals surface area (Å²) in [6.45, 7) is 16.0. The fourth-order valence-corrected chi connectivity index (χ4v) is 2.25. The normalized spacial score (nSPS) is 11.9. The second kappa shape index (κ2) is 10.8. The van der Waals surface area contributed by atoms with Crippen molar-refractivity contribution in [2.75, 3.05) is 13.1 Å². The van der Waals surface area contributed by atoms with Gasteiger partial charge in [0.15, 0.2) is 0 Å². The molecule has 0 aromatic carbocycles. The Morgan fingerprint density at radius 1 is 1.26 bits per heavy atom. The van der Waals surface area contributed by atoms with Crippen LogP contribution in [0.2, 0.25) is 0 Å². The molecule has 110 valence electrons. The largest absolute Gasteiger partial charge is 0.372 e. The maximum absolute atomic E-state index is 11.8. The average Bonchev–Trinajstić information content (AvgIpc) is 2.42. The molecule has 0 aliphatic rings. The number of unbranched alkanes of at least 4 members (excludes halogenated alkanes) is 2. The van der Waals surface area contributed by atoms with Crippen molar-refractivity contribution < 1.29 is 4.79 Å². The third-order valence-electron chi connectivity index (χ3n) is 3.65. The van der Waals surface area contributed by atoms with Gasteiger partial charge in [0, 0.05) is 31.1 Å². The molecule has 0 fully saturated rings. The monoisotopic (exact) mass is 265 g/mol. The minimum Gasteiger partial charge on any atom is -0.372 e. The number of carbonyl (C=O) groups excluding carboxylic acids is 1. The number of nitrogens with zero attached hydrogens (tertiary/aromatic N) is 1. The van der Waals surface area contributed by atoms with Crippen LogP contribution < -0.4 is 0 Å². The van der Waals surface area contributed by atoms with E-state index >= 15 is 0 Å². The molecule has 0 saturated heterocycles. The minimum atomic E-state index is 0.248. The molecule has 0 aromatic rings. The molecule has 0 rings (SSSR count). The van der Waals surface area contributed by atoms with E-state index in [2.05, 4.69) is 38.8 Å². The van der Waals surface area contributed by atoms with Crippen LogP contribution in [0.5, 0.6) is 0 Å². The van der Waals surface area contributed by atoms with Crippen LogP contribution in [0.4, 0.5) is 0 Å². The second-order valence-electron chi connectivity index (χ2n) is 5.24. The number of likely N-dealkylation sites (N-methyl/N-ethyl adjacent to an activating group) is 1. The van der Waals surface area contributed by atoms with Gasteiger partial charge in [-0.1, -0.05) is 39.8 Å². The Labute approximate surface area is 119 Å². The van der Waals surface area contributed by atoms with Gasteiger partial charge in [0.05, 0.1) is 0 Å². The van der Waals surface area contributed by atoms with Crippen molar-refractivity contribution in [3.8, 4) is 0 Å². The van der Waals surface area contributed by atoms with Gasteiger partial charge in [-0.05, 0) is 32.3 Å². The molecule has 2 heteroatoms. The van der Waals surface area contributed by atoms with Gasteiger partial charge < -0.3 is 4.90 Å². The molecule has 0 saturated carbocycles. The number of rotatable bonds is 12. The molecule has 0 aromatic heterocycles. The van der Waals surface area contributed by atoms with Crippen LogP contribution in [0.25, 0.3) is 0 Å². The third kappa shape index (κ3) is 7.86. The standard InChI is InChI=1S/C17H31NO/c1-6-12-15(4)17(19)13-10-9-11-14-18(8-3)16(5)7-2/h7,15H,2,5-6,8-14H2,1,3-4H3/t15-/m1/s1. The predicted molar refractivity (Wildman–Crippen MR) is 84.1 cm³/mol. The number of Topliss-reactive ketones (excluding diaryl/α,β-unsaturated/α-hetero) is 1. The minimum absolute atomic E-state index is 0.248. The van der Waals surface area contributed by atoms with E-state index in [0.29, 0.717) is 5.78 Å². The second-order valence-corrected chi connectivity index (χ2v) is 5.24. The van der Waals surface area contributed by atoms with E-state index in [-0.39, 0.29) is 5.92 Å². The molecular formula is C17H31NO. The van der Waals surface area contributed by atoms with Crippen LogP contribution in [0.1, 0.15) is 59.3 Å². The number of hydrogen-bond acceptors (Lipinski definition) is 2. The molecule has 1 atom stereocenters. The summed E-state index contributed by atoms with van der Waals surface area (Å²) in [5, 5.41) is 0. The molecule has 0 aliphatic carbocycles. The van der Waals surface area contributed by atoms with E-state index in [9.17, 15) is 4.79 Å². The Hall–Kier alpha value is -1.05. The lowest BCUT2D eigenvalue weighted by atomic mass is 9.97. The summed E-state index contributed by atoms with van der Waals surface area (Å²) in [6.07, 6.45) is 7.94. The molecule has 0 heterocycles. The number of hydrogen-bond donors (Lipinski definition) is 0. The van der Waals surface area contributed by atoms with E-state index in [4.69, 9.17) is 0 Å². The van der Waals surface area contributed by atoms with Gasteiger partial charge in [-0.15, -0.1) is 0 Å². The summed E-state index contributed by atoms with van der Waals surface area (Å²) >= 11 is 0. The highest BCUT2D eigenvalue weighted by Crippen LogP contribution is 2.12. The Kier molecular flexibility index (Phi) is 10.2. The lowest BCUT2D eigenvalue weighted by Gasteiger charge is -2.23. The van der Waals surface area contributed by atoms with Crippen molar-refractivity contribution in [3.05, 3.63) is 24.9 Å².